The van der Waals surface area contributed by atoms with Crippen molar-refractivity contribution in [2.24, 2.45) is 5.10 Å². The minimum atomic E-state index is 0.303. The van der Waals surface area contributed by atoms with E-state index >= 15 is 0 Å². The fourth-order valence-electron chi connectivity index (χ4n) is 3.90. The van der Waals surface area contributed by atoms with E-state index in [-0.39, 0.29) is 0 Å². The number of morpholine rings is 2. The highest BCUT2D eigenvalue weighted by Crippen LogP contribution is 2.19. The first-order valence-electron chi connectivity index (χ1n) is 11.6. The van der Waals surface area contributed by atoms with E-state index in [4.69, 9.17) is 14.2 Å². The van der Waals surface area contributed by atoms with E-state index in [2.05, 4.69) is 59.5 Å². The van der Waals surface area contributed by atoms with Crippen LogP contribution in [0.3, 0.4) is 0 Å². The van der Waals surface area contributed by atoms with Crippen LogP contribution in [0.15, 0.2) is 47.6 Å². The van der Waals surface area contributed by atoms with E-state index in [0.29, 0.717) is 37.6 Å². The Morgan fingerprint density at radius 3 is 2.50 bits per heavy atom. The van der Waals surface area contributed by atoms with Crippen molar-refractivity contribution in [2.75, 3.05) is 76.1 Å². The third-order valence-corrected chi connectivity index (χ3v) is 5.78. The van der Waals surface area contributed by atoms with Crippen LogP contribution in [0.25, 0.3) is 10.8 Å². The van der Waals surface area contributed by atoms with Crippen molar-refractivity contribution in [3.05, 3.63) is 48.3 Å². The summed E-state index contributed by atoms with van der Waals surface area (Å²) in [5, 5.41) is 6.68. The molecular weight excluding hydrogens is 434 g/mol. The van der Waals surface area contributed by atoms with E-state index in [1.54, 1.807) is 6.21 Å². The second kappa shape index (κ2) is 11.2. The average Bonchev–Trinajstić information content (AvgIpc) is 2.90. The summed E-state index contributed by atoms with van der Waals surface area (Å²) in [5.41, 5.74) is 3.95. The third-order valence-electron chi connectivity index (χ3n) is 5.78. The van der Waals surface area contributed by atoms with Crippen molar-refractivity contribution < 1.29 is 14.2 Å². The van der Waals surface area contributed by atoms with Gasteiger partial charge in [0, 0.05) is 32.7 Å². The van der Waals surface area contributed by atoms with E-state index in [1.165, 1.54) is 5.39 Å². The molecule has 178 valence electrons. The fraction of sp³-hybridized carbons (Fsp3) is 0.417. The van der Waals surface area contributed by atoms with E-state index in [0.717, 1.165) is 57.0 Å². The van der Waals surface area contributed by atoms with Crippen molar-refractivity contribution in [3.63, 3.8) is 0 Å². The standard InChI is InChI=1S/C24H29N7O3/c1-2-4-20-17-21(6-5-19(20)3-1)29-25-18-22-26-23(31-10-14-33-15-11-31)28-24(27-22)34-16-9-30-7-12-32-13-8-30/h1-6,17-18,29H,7-16H2/b25-18+. The van der Waals surface area contributed by atoms with Gasteiger partial charge in [0.15, 0.2) is 5.82 Å². The molecule has 0 amide bonds. The molecular formula is C24H29N7O3. The summed E-state index contributed by atoms with van der Waals surface area (Å²) in [7, 11) is 0. The molecule has 2 aromatic carbocycles. The Hall–Kier alpha value is -3.34. The Bertz CT molecular complexity index is 1110. The molecule has 3 aromatic rings. The number of fused-ring (bicyclic) bond motifs is 1. The maximum absolute atomic E-state index is 5.91. The lowest BCUT2D eigenvalue weighted by atomic mass is 10.1. The Kier molecular flexibility index (Phi) is 7.39. The zero-order chi connectivity index (χ0) is 23.0. The summed E-state index contributed by atoms with van der Waals surface area (Å²) in [4.78, 5) is 18.0. The lowest BCUT2D eigenvalue weighted by Gasteiger charge is -2.27. The summed E-state index contributed by atoms with van der Waals surface area (Å²) in [6, 6.07) is 14.6. The molecule has 2 saturated heterocycles. The van der Waals surface area contributed by atoms with Crippen LogP contribution in [0, 0.1) is 0 Å². The molecule has 0 saturated carbocycles. The highest BCUT2D eigenvalue weighted by atomic mass is 16.5. The summed E-state index contributed by atoms with van der Waals surface area (Å²) >= 11 is 0. The zero-order valence-corrected chi connectivity index (χ0v) is 19.1. The number of ether oxygens (including phenoxy) is 3. The van der Waals surface area contributed by atoms with E-state index in [1.807, 2.05) is 18.2 Å². The van der Waals surface area contributed by atoms with E-state index in [9.17, 15) is 0 Å². The van der Waals surface area contributed by atoms with Gasteiger partial charge in [-0.3, -0.25) is 10.3 Å². The fourth-order valence-corrected chi connectivity index (χ4v) is 3.90. The molecule has 0 radical (unpaired) electrons. The first kappa shape index (κ1) is 22.5. The number of aromatic nitrogens is 3. The number of nitrogens with one attached hydrogen (secondary N) is 1. The quantitative estimate of drug-likeness (QED) is 0.397. The normalized spacial score (nSPS) is 17.4. The largest absolute Gasteiger partial charge is 0.462 e. The van der Waals surface area contributed by atoms with Crippen molar-refractivity contribution in [1.82, 2.24) is 19.9 Å². The number of benzene rings is 2. The van der Waals surface area contributed by atoms with Crippen LogP contribution >= 0.6 is 0 Å². The molecule has 0 aliphatic carbocycles. The predicted octanol–water partition coefficient (Wildman–Crippen LogP) is 2.02. The van der Waals surface area contributed by atoms with Crippen LogP contribution in [-0.2, 0) is 9.47 Å². The molecule has 1 N–H and O–H groups in total. The molecule has 0 unspecified atom stereocenters. The van der Waals surface area contributed by atoms with Crippen LogP contribution in [0.5, 0.6) is 6.01 Å². The SMILES string of the molecule is C(=N\Nc1ccc2ccccc2c1)/c1nc(OCCN2CCOCC2)nc(N2CCOCC2)n1. The van der Waals surface area contributed by atoms with Crippen LogP contribution in [0.1, 0.15) is 5.82 Å². The van der Waals surface area contributed by atoms with Crippen molar-refractivity contribution in [3.8, 4) is 6.01 Å². The Balaban J connectivity index is 1.28. The zero-order valence-electron chi connectivity index (χ0n) is 19.1. The van der Waals surface area contributed by atoms with Crippen molar-refractivity contribution in [2.45, 2.75) is 0 Å². The topological polar surface area (TPSA) is 97.2 Å². The lowest BCUT2D eigenvalue weighted by Crippen LogP contribution is -2.39. The molecule has 3 heterocycles. The van der Waals surface area contributed by atoms with Gasteiger partial charge in [0.05, 0.1) is 38.3 Å². The first-order valence-corrected chi connectivity index (χ1v) is 11.6. The summed E-state index contributed by atoms with van der Waals surface area (Å²) in [5.74, 6) is 1.01. The first-order chi connectivity index (χ1) is 16.8. The summed E-state index contributed by atoms with van der Waals surface area (Å²) in [6.07, 6.45) is 1.59. The Morgan fingerprint density at radius 2 is 1.68 bits per heavy atom. The van der Waals surface area contributed by atoms with Gasteiger partial charge >= 0.3 is 6.01 Å². The van der Waals surface area contributed by atoms with Crippen LogP contribution in [-0.4, -0.2) is 91.8 Å². The molecule has 2 fully saturated rings. The third kappa shape index (κ3) is 5.96. The average molecular weight is 464 g/mol. The molecule has 34 heavy (non-hydrogen) atoms. The number of nitrogens with zero attached hydrogens (tertiary/aromatic N) is 6. The summed E-state index contributed by atoms with van der Waals surface area (Å²) in [6.45, 7) is 7.39. The van der Waals surface area contributed by atoms with Crippen LogP contribution < -0.4 is 15.1 Å². The number of hydrogen-bond donors (Lipinski definition) is 1. The number of hydrazone groups is 1. The second-order valence-electron chi connectivity index (χ2n) is 8.11. The lowest BCUT2D eigenvalue weighted by molar-refractivity contribution is 0.0317. The highest BCUT2D eigenvalue weighted by molar-refractivity contribution is 5.86. The Morgan fingerprint density at radius 1 is 0.912 bits per heavy atom. The monoisotopic (exact) mass is 463 g/mol. The highest BCUT2D eigenvalue weighted by Gasteiger charge is 2.17. The van der Waals surface area contributed by atoms with Crippen LogP contribution in [0.4, 0.5) is 11.6 Å². The van der Waals surface area contributed by atoms with Gasteiger partial charge in [-0.2, -0.15) is 20.1 Å². The number of hydrogen-bond acceptors (Lipinski definition) is 10. The summed E-state index contributed by atoms with van der Waals surface area (Å²) < 4.78 is 16.8. The molecule has 2 aliphatic heterocycles. The van der Waals surface area contributed by atoms with Gasteiger partial charge in [-0.05, 0) is 22.9 Å². The minimum Gasteiger partial charge on any atom is -0.462 e. The van der Waals surface area contributed by atoms with Gasteiger partial charge in [-0.15, -0.1) is 0 Å². The van der Waals surface area contributed by atoms with Gasteiger partial charge in [0.2, 0.25) is 5.95 Å². The van der Waals surface area contributed by atoms with Gasteiger partial charge in [0.25, 0.3) is 0 Å². The maximum Gasteiger partial charge on any atom is 0.321 e. The van der Waals surface area contributed by atoms with Gasteiger partial charge < -0.3 is 19.1 Å². The molecule has 0 spiro atoms. The van der Waals surface area contributed by atoms with Gasteiger partial charge in [0.1, 0.15) is 6.61 Å². The van der Waals surface area contributed by atoms with Gasteiger partial charge in [-0.25, -0.2) is 0 Å². The molecule has 5 rings (SSSR count). The maximum atomic E-state index is 5.91. The van der Waals surface area contributed by atoms with E-state index < -0.39 is 0 Å². The van der Waals surface area contributed by atoms with Crippen LogP contribution in [0.2, 0.25) is 0 Å². The predicted molar refractivity (Wildman–Crippen MR) is 131 cm³/mol. The molecule has 1 aromatic heterocycles. The molecule has 10 heteroatoms. The van der Waals surface area contributed by atoms with Gasteiger partial charge in [-0.1, -0.05) is 30.3 Å². The number of anilines is 2. The smallest absolute Gasteiger partial charge is 0.321 e. The van der Waals surface area contributed by atoms with Crippen molar-refractivity contribution in [1.29, 1.82) is 0 Å². The van der Waals surface area contributed by atoms with Crippen molar-refractivity contribution >= 4 is 28.6 Å². The Labute approximate surface area is 198 Å². The molecule has 2 aliphatic rings. The molecule has 10 nitrogen and oxygen atoms in total. The minimum absolute atomic E-state index is 0.303. The molecule has 0 atom stereocenters. The molecule has 0 bridgehead atoms. The number of rotatable bonds is 8. The second-order valence-corrected chi connectivity index (χ2v) is 8.11.